The van der Waals surface area contributed by atoms with Gasteiger partial charge >= 0.3 is 5.91 Å². The SMILES string of the molecule is CC1=NN=NC(=O)C1=O. The molecule has 9 heavy (non-hydrogen) atoms. The summed E-state index contributed by atoms with van der Waals surface area (Å²) in [5, 5.41) is 9.21. The van der Waals surface area contributed by atoms with Gasteiger partial charge in [-0.25, -0.2) is 0 Å². The van der Waals surface area contributed by atoms with Crippen LogP contribution in [0.2, 0.25) is 0 Å². The van der Waals surface area contributed by atoms with E-state index in [1.165, 1.54) is 6.92 Å². The molecule has 5 heteroatoms. The van der Waals surface area contributed by atoms with Gasteiger partial charge in [-0.1, -0.05) is 5.11 Å². The second-order valence-corrected chi connectivity index (χ2v) is 1.51. The van der Waals surface area contributed by atoms with Gasteiger partial charge in [0.2, 0.25) is 0 Å². The van der Waals surface area contributed by atoms with Gasteiger partial charge in [0.25, 0.3) is 5.78 Å². The van der Waals surface area contributed by atoms with E-state index in [9.17, 15) is 9.59 Å². The summed E-state index contributed by atoms with van der Waals surface area (Å²) in [7, 11) is 0. The molecule has 0 spiro atoms. The summed E-state index contributed by atoms with van der Waals surface area (Å²) in [6, 6.07) is 0. The average Bonchev–Trinajstić information content (AvgIpc) is 1.83. The van der Waals surface area contributed by atoms with E-state index >= 15 is 0 Å². The molecule has 1 amide bonds. The number of hydrogen-bond donors (Lipinski definition) is 0. The maximum Gasteiger partial charge on any atom is 0.339 e. The van der Waals surface area contributed by atoms with Gasteiger partial charge in [-0.05, 0) is 12.1 Å². The van der Waals surface area contributed by atoms with Crippen LogP contribution in [0, 0.1) is 0 Å². The maximum absolute atomic E-state index is 10.5. The number of hydrogen-bond acceptors (Lipinski definition) is 4. The highest BCUT2D eigenvalue weighted by Gasteiger charge is 2.19. The smallest absolute Gasteiger partial charge is 0.281 e. The van der Waals surface area contributed by atoms with Crippen LogP contribution in [0.4, 0.5) is 0 Å². The molecule has 1 heterocycles. The Labute approximate surface area is 50.5 Å². The molecule has 0 bridgehead atoms. The Hall–Kier alpha value is -1.39. The normalized spacial score (nSPS) is 18.1. The third-order valence-corrected chi connectivity index (χ3v) is 0.853. The molecule has 0 aromatic rings. The van der Waals surface area contributed by atoms with E-state index in [-0.39, 0.29) is 5.71 Å². The van der Waals surface area contributed by atoms with Crippen molar-refractivity contribution >= 4 is 17.4 Å². The minimum Gasteiger partial charge on any atom is -0.281 e. The monoisotopic (exact) mass is 125 g/mol. The molecule has 5 nitrogen and oxygen atoms in total. The Kier molecular flexibility index (Phi) is 1.18. The number of amides is 1. The summed E-state index contributed by atoms with van der Waals surface area (Å²) >= 11 is 0. The topological polar surface area (TPSA) is 71.2 Å². The lowest BCUT2D eigenvalue weighted by Crippen LogP contribution is -2.21. The lowest BCUT2D eigenvalue weighted by Gasteiger charge is -1.93. The fourth-order valence-corrected chi connectivity index (χ4v) is 0.376. The highest BCUT2D eigenvalue weighted by molar-refractivity contribution is 6.64. The molecule has 0 aliphatic carbocycles. The van der Waals surface area contributed by atoms with Gasteiger partial charge in [0.05, 0.1) is 0 Å². The number of nitrogens with zero attached hydrogens (tertiary/aromatic N) is 3. The number of ketones is 1. The number of carbonyl (C=O) groups is 2. The maximum atomic E-state index is 10.5. The Morgan fingerprint density at radius 1 is 1.33 bits per heavy atom. The molecule has 1 aliphatic heterocycles. The minimum atomic E-state index is -0.845. The number of Topliss-reactive ketones (excluding diaryl/α,β-unsaturated/α-hetero) is 1. The summed E-state index contributed by atoms with van der Waals surface area (Å²) in [6.07, 6.45) is 0. The van der Waals surface area contributed by atoms with Crippen LogP contribution in [0.3, 0.4) is 0 Å². The molecule has 0 aromatic carbocycles. The molecule has 1 aliphatic rings. The lowest BCUT2D eigenvalue weighted by molar-refractivity contribution is -0.132. The molecule has 0 fully saturated rings. The van der Waals surface area contributed by atoms with E-state index in [1.54, 1.807) is 0 Å². The van der Waals surface area contributed by atoms with Crippen LogP contribution >= 0.6 is 0 Å². The van der Waals surface area contributed by atoms with Crippen molar-refractivity contribution in [1.29, 1.82) is 0 Å². The van der Waals surface area contributed by atoms with Gasteiger partial charge in [-0.3, -0.25) is 9.59 Å². The van der Waals surface area contributed by atoms with Gasteiger partial charge in [0.15, 0.2) is 0 Å². The molecule has 0 aromatic heterocycles. The quantitative estimate of drug-likeness (QED) is 0.425. The van der Waals surface area contributed by atoms with Gasteiger partial charge < -0.3 is 0 Å². The summed E-state index contributed by atoms with van der Waals surface area (Å²) in [4.78, 5) is 20.8. The molecule has 0 N–H and O–H groups in total. The van der Waals surface area contributed by atoms with Crippen molar-refractivity contribution in [2.45, 2.75) is 6.92 Å². The van der Waals surface area contributed by atoms with E-state index in [0.29, 0.717) is 0 Å². The van der Waals surface area contributed by atoms with E-state index in [4.69, 9.17) is 0 Å². The predicted molar refractivity (Wildman–Crippen MR) is 28.0 cm³/mol. The molecule has 46 valence electrons. The van der Waals surface area contributed by atoms with Gasteiger partial charge in [0.1, 0.15) is 5.71 Å². The first-order valence-electron chi connectivity index (χ1n) is 2.26. The summed E-state index contributed by atoms with van der Waals surface area (Å²) in [6.45, 7) is 1.42. The second-order valence-electron chi connectivity index (χ2n) is 1.51. The van der Waals surface area contributed by atoms with Crippen molar-refractivity contribution in [3.05, 3.63) is 0 Å². The first-order chi connectivity index (χ1) is 4.22. The van der Waals surface area contributed by atoms with Crippen molar-refractivity contribution in [2.75, 3.05) is 0 Å². The van der Waals surface area contributed by atoms with Crippen molar-refractivity contribution in [3.63, 3.8) is 0 Å². The molecule has 0 radical (unpaired) electrons. The van der Waals surface area contributed by atoms with Gasteiger partial charge in [0, 0.05) is 0 Å². The van der Waals surface area contributed by atoms with E-state index in [0.717, 1.165) is 0 Å². The van der Waals surface area contributed by atoms with Crippen molar-refractivity contribution in [3.8, 4) is 0 Å². The van der Waals surface area contributed by atoms with Gasteiger partial charge in [-0.2, -0.15) is 0 Å². The highest BCUT2D eigenvalue weighted by atomic mass is 16.2. The minimum absolute atomic E-state index is 0.0926. The van der Waals surface area contributed by atoms with Crippen LogP contribution in [-0.4, -0.2) is 17.4 Å². The van der Waals surface area contributed by atoms with Crippen LogP contribution in [0.25, 0.3) is 0 Å². The largest absolute Gasteiger partial charge is 0.339 e. The zero-order valence-electron chi connectivity index (χ0n) is 4.66. The summed E-state index contributed by atoms with van der Waals surface area (Å²) in [5.74, 6) is -1.52. The lowest BCUT2D eigenvalue weighted by atomic mass is 10.2. The highest BCUT2D eigenvalue weighted by Crippen LogP contribution is 1.94. The van der Waals surface area contributed by atoms with Crippen molar-refractivity contribution < 1.29 is 9.59 Å². The molecule has 0 saturated carbocycles. The molecule has 1 rings (SSSR count). The Morgan fingerprint density at radius 2 is 2.00 bits per heavy atom. The summed E-state index contributed by atoms with van der Waals surface area (Å²) < 4.78 is 0. The van der Waals surface area contributed by atoms with Gasteiger partial charge in [-0.15, -0.1) is 5.10 Å². The second kappa shape index (κ2) is 1.85. The zero-order valence-corrected chi connectivity index (χ0v) is 4.66. The van der Waals surface area contributed by atoms with Crippen molar-refractivity contribution in [2.24, 2.45) is 15.4 Å². The van der Waals surface area contributed by atoms with E-state index in [1.807, 2.05) is 0 Å². The van der Waals surface area contributed by atoms with Crippen LogP contribution in [0.1, 0.15) is 6.92 Å². The first-order valence-corrected chi connectivity index (χ1v) is 2.26. The Bertz CT molecular complexity index is 228. The Balaban J connectivity index is 3.00. The van der Waals surface area contributed by atoms with Crippen molar-refractivity contribution in [1.82, 2.24) is 0 Å². The Morgan fingerprint density at radius 3 is 2.44 bits per heavy atom. The van der Waals surface area contributed by atoms with Crippen LogP contribution in [0.5, 0.6) is 0 Å². The fourth-order valence-electron chi connectivity index (χ4n) is 0.376. The van der Waals surface area contributed by atoms with Crippen LogP contribution < -0.4 is 0 Å². The van der Waals surface area contributed by atoms with Crippen LogP contribution in [0.15, 0.2) is 15.4 Å². The molecule has 0 saturated heterocycles. The molecular formula is C4H3N3O2. The van der Waals surface area contributed by atoms with E-state index in [2.05, 4.69) is 15.4 Å². The molecular weight excluding hydrogens is 122 g/mol. The van der Waals surface area contributed by atoms with Crippen LogP contribution in [-0.2, 0) is 9.59 Å². The third-order valence-electron chi connectivity index (χ3n) is 0.853. The average molecular weight is 125 g/mol. The standard InChI is InChI=1S/C4H3N3O2/c1-2-3(8)4(9)6-7-5-2/h1H3. The predicted octanol–water partition coefficient (Wildman–Crippen LogP) is -0.0762. The molecule has 0 atom stereocenters. The zero-order chi connectivity index (χ0) is 6.85. The first kappa shape index (κ1) is 5.74. The van der Waals surface area contributed by atoms with E-state index < -0.39 is 11.7 Å². The molecule has 0 unspecified atom stereocenters. The number of carbonyl (C=O) groups excluding carboxylic acids is 2. The summed E-state index contributed by atoms with van der Waals surface area (Å²) in [5.41, 5.74) is 0.0926. The fraction of sp³-hybridized carbons (Fsp3) is 0.250. The third kappa shape index (κ3) is 0.883. The number of rotatable bonds is 0.